The number of aromatic amines is 1. The quantitative estimate of drug-likeness (QED) is 0.612. The average molecular weight is 410 g/mol. The molecule has 160 valence electrons. The SMILES string of the molecule is CNC/C=C/C(=O)N1CCCC1.O=c1[nH]cc(-c2ccncc2)cc1NCC1CC1. The van der Waals surface area contributed by atoms with Gasteiger partial charge in [-0.05, 0) is 62.4 Å². The monoisotopic (exact) mass is 409 g/mol. The van der Waals surface area contributed by atoms with Crippen LogP contribution >= 0.6 is 0 Å². The Hall–Kier alpha value is -2.93. The second-order valence-electron chi connectivity index (χ2n) is 7.68. The number of carbonyl (C=O) groups is 1. The second-order valence-corrected chi connectivity index (χ2v) is 7.68. The number of hydrogen-bond acceptors (Lipinski definition) is 5. The van der Waals surface area contributed by atoms with Gasteiger partial charge in [0.05, 0.1) is 0 Å². The third-order valence-electron chi connectivity index (χ3n) is 5.20. The molecule has 2 fully saturated rings. The first-order valence-corrected chi connectivity index (χ1v) is 10.6. The molecule has 0 radical (unpaired) electrons. The lowest BCUT2D eigenvalue weighted by atomic mass is 10.1. The van der Waals surface area contributed by atoms with Crippen LogP contribution in [-0.4, -0.2) is 54.0 Å². The predicted octanol–water partition coefficient (Wildman–Crippen LogP) is 2.64. The van der Waals surface area contributed by atoms with Crippen LogP contribution in [0.3, 0.4) is 0 Å². The summed E-state index contributed by atoms with van der Waals surface area (Å²) in [6, 6.07) is 5.76. The molecule has 1 amide bonds. The Morgan fingerprint density at radius 2 is 1.97 bits per heavy atom. The number of amides is 1. The van der Waals surface area contributed by atoms with Gasteiger partial charge in [-0.2, -0.15) is 0 Å². The fourth-order valence-electron chi connectivity index (χ4n) is 3.22. The number of rotatable bonds is 7. The average Bonchev–Trinajstić information content (AvgIpc) is 3.44. The van der Waals surface area contributed by atoms with Crippen LogP contribution in [0.1, 0.15) is 25.7 Å². The predicted molar refractivity (Wildman–Crippen MR) is 120 cm³/mol. The van der Waals surface area contributed by atoms with Gasteiger partial charge in [-0.3, -0.25) is 14.6 Å². The lowest BCUT2D eigenvalue weighted by Crippen LogP contribution is -2.25. The van der Waals surface area contributed by atoms with E-state index in [0.717, 1.165) is 56.1 Å². The molecule has 4 rings (SSSR count). The Morgan fingerprint density at radius 3 is 2.63 bits per heavy atom. The third-order valence-corrected chi connectivity index (χ3v) is 5.20. The van der Waals surface area contributed by atoms with Crippen molar-refractivity contribution in [2.75, 3.05) is 38.5 Å². The third kappa shape index (κ3) is 6.84. The standard InChI is InChI=1S/C14H15N3O.C9H16N2O/c18-14-13(16-8-10-1-2-10)7-12(9-17-14)11-3-5-15-6-4-11;1-10-6-4-5-9(12)11-7-2-3-8-11/h3-7,9-10,16H,1-2,8H2,(H,17,18);4-5,10H,2-3,6-8H2,1H3/b;5-4+. The van der Waals surface area contributed by atoms with Crippen molar-refractivity contribution in [3.63, 3.8) is 0 Å². The highest BCUT2D eigenvalue weighted by atomic mass is 16.2. The van der Waals surface area contributed by atoms with Gasteiger partial charge >= 0.3 is 0 Å². The van der Waals surface area contributed by atoms with Gasteiger partial charge in [0.2, 0.25) is 5.91 Å². The Labute approximate surface area is 177 Å². The number of H-pyrrole nitrogens is 1. The summed E-state index contributed by atoms with van der Waals surface area (Å²) in [4.78, 5) is 31.7. The van der Waals surface area contributed by atoms with E-state index in [2.05, 4.69) is 20.6 Å². The first kappa shape index (κ1) is 21.8. The molecule has 0 spiro atoms. The molecule has 0 unspecified atom stereocenters. The topological polar surface area (TPSA) is 90.1 Å². The largest absolute Gasteiger partial charge is 0.380 e. The van der Waals surface area contributed by atoms with Crippen LogP contribution in [0.25, 0.3) is 11.1 Å². The van der Waals surface area contributed by atoms with Crippen molar-refractivity contribution in [2.45, 2.75) is 25.7 Å². The van der Waals surface area contributed by atoms with E-state index in [9.17, 15) is 9.59 Å². The molecule has 2 aromatic rings. The smallest absolute Gasteiger partial charge is 0.271 e. The molecular formula is C23H31N5O2. The van der Waals surface area contributed by atoms with Crippen molar-refractivity contribution < 1.29 is 4.79 Å². The number of hydrogen-bond donors (Lipinski definition) is 3. The zero-order valence-corrected chi connectivity index (χ0v) is 17.6. The maximum absolute atomic E-state index is 11.7. The van der Waals surface area contributed by atoms with E-state index in [1.165, 1.54) is 12.8 Å². The molecule has 3 heterocycles. The number of aromatic nitrogens is 2. The molecule has 2 aliphatic rings. The van der Waals surface area contributed by atoms with Gasteiger partial charge in [0.25, 0.3) is 5.56 Å². The molecule has 30 heavy (non-hydrogen) atoms. The van der Waals surface area contributed by atoms with Crippen molar-refractivity contribution in [2.24, 2.45) is 5.92 Å². The van der Waals surface area contributed by atoms with Crippen molar-refractivity contribution in [3.8, 4) is 11.1 Å². The van der Waals surface area contributed by atoms with Crippen LogP contribution in [0.15, 0.2) is 53.7 Å². The Morgan fingerprint density at radius 1 is 1.23 bits per heavy atom. The molecule has 0 atom stereocenters. The number of nitrogens with one attached hydrogen (secondary N) is 3. The van der Waals surface area contributed by atoms with Gasteiger partial charge in [-0.15, -0.1) is 0 Å². The van der Waals surface area contributed by atoms with E-state index in [1.54, 1.807) is 24.7 Å². The number of nitrogens with zero attached hydrogens (tertiary/aromatic N) is 2. The highest BCUT2D eigenvalue weighted by Crippen LogP contribution is 2.28. The summed E-state index contributed by atoms with van der Waals surface area (Å²) in [7, 11) is 1.87. The number of carbonyl (C=O) groups excluding carboxylic acids is 1. The minimum Gasteiger partial charge on any atom is -0.380 e. The van der Waals surface area contributed by atoms with Crippen molar-refractivity contribution in [1.82, 2.24) is 20.2 Å². The van der Waals surface area contributed by atoms with Crippen LogP contribution in [-0.2, 0) is 4.79 Å². The van der Waals surface area contributed by atoms with E-state index in [-0.39, 0.29) is 11.5 Å². The van der Waals surface area contributed by atoms with Gasteiger partial charge in [0, 0.05) is 56.4 Å². The van der Waals surface area contributed by atoms with Crippen LogP contribution in [0.2, 0.25) is 0 Å². The summed E-state index contributed by atoms with van der Waals surface area (Å²) in [5, 5.41) is 6.18. The summed E-state index contributed by atoms with van der Waals surface area (Å²) in [6.45, 7) is 3.52. The zero-order valence-electron chi connectivity index (χ0n) is 17.6. The van der Waals surface area contributed by atoms with Gasteiger partial charge in [-0.1, -0.05) is 6.08 Å². The van der Waals surface area contributed by atoms with Crippen LogP contribution in [0, 0.1) is 5.92 Å². The molecule has 7 heteroatoms. The zero-order chi connectivity index (χ0) is 21.2. The molecule has 0 aromatic carbocycles. The number of pyridine rings is 2. The van der Waals surface area contributed by atoms with Gasteiger partial charge in [0.15, 0.2) is 0 Å². The lowest BCUT2D eigenvalue weighted by Gasteiger charge is -2.11. The molecule has 3 N–H and O–H groups in total. The summed E-state index contributed by atoms with van der Waals surface area (Å²) in [5.41, 5.74) is 2.63. The van der Waals surface area contributed by atoms with E-state index in [1.807, 2.05) is 36.2 Å². The van der Waals surface area contributed by atoms with E-state index in [0.29, 0.717) is 5.69 Å². The lowest BCUT2D eigenvalue weighted by molar-refractivity contribution is -0.125. The summed E-state index contributed by atoms with van der Waals surface area (Å²) >= 11 is 0. The van der Waals surface area contributed by atoms with E-state index in [4.69, 9.17) is 0 Å². The molecule has 7 nitrogen and oxygen atoms in total. The summed E-state index contributed by atoms with van der Waals surface area (Å²) < 4.78 is 0. The minimum absolute atomic E-state index is 0.0616. The number of likely N-dealkylation sites (tertiary alicyclic amines) is 1. The summed E-state index contributed by atoms with van der Waals surface area (Å²) in [5.74, 6) is 0.900. The number of likely N-dealkylation sites (N-methyl/N-ethyl adjacent to an activating group) is 1. The number of anilines is 1. The Bertz CT molecular complexity index is 884. The van der Waals surface area contributed by atoms with Gasteiger partial charge in [-0.25, -0.2) is 0 Å². The summed E-state index contributed by atoms with van der Waals surface area (Å²) in [6.07, 6.45) is 13.6. The first-order chi connectivity index (χ1) is 14.7. The molecule has 1 aliphatic heterocycles. The fourth-order valence-corrected chi connectivity index (χ4v) is 3.22. The van der Waals surface area contributed by atoms with E-state index >= 15 is 0 Å². The molecule has 2 aromatic heterocycles. The first-order valence-electron chi connectivity index (χ1n) is 10.6. The van der Waals surface area contributed by atoms with Crippen molar-refractivity contribution >= 4 is 11.6 Å². The highest BCUT2D eigenvalue weighted by molar-refractivity contribution is 5.87. The fraction of sp³-hybridized carbons (Fsp3) is 0.435. The molecule has 0 bridgehead atoms. The van der Waals surface area contributed by atoms with Gasteiger partial charge < -0.3 is 20.5 Å². The molecule has 1 saturated carbocycles. The van der Waals surface area contributed by atoms with Crippen molar-refractivity contribution in [1.29, 1.82) is 0 Å². The Balaban J connectivity index is 0.000000187. The molecule has 1 saturated heterocycles. The second kappa shape index (κ2) is 11.3. The maximum Gasteiger partial charge on any atom is 0.271 e. The van der Waals surface area contributed by atoms with Crippen LogP contribution < -0.4 is 16.2 Å². The highest BCUT2D eigenvalue weighted by Gasteiger charge is 2.21. The van der Waals surface area contributed by atoms with Gasteiger partial charge in [0.1, 0.15) is 5.69 Å². The molecule has 1 aliphatic carbocycles. The Kier molecular flexibility index (Phi) is 8.20. The maximum atomic E-state index is 11.7. The minimum atomic E-state index is -0.0616. The van der Waals surface area contributed by atoms with Crippen molar-refractivity contribution in [3.05, 3.63) is 59.3 Å². The van der Waals surface area contributed by atoms with Crippen LogP contribution in [0.4, 0.5) is 5.69 Å². The molecular weight excluding hydrogens is 378 g/mol. The normalized spacial score (nSPS) is 15.7. The van der Waals surface area contributed by atoms with E-state index < -0.39 is 0 Å². The van der Waals surface area contributed by atoms with Crippen LogP contribution in [0.5, 0.6) is 0 Å².